The van der Waals surface area contributed by atoms with Gasteiger partial charge in [-0.3, -0.25) is 4.79 Å². The molecule has 5 heteroatoms. The van der Waals surface area contributed by atoms with Gasteiger partial charge in [-0.1, -0.05) is 12.1 Å². The van der Waals surface area contributed by atoms with Crippen molar-refractivity contribution in [3.05, 3.63) is 45.8 Å². The summed E-state index contributed by atoms with van der Waals surface area (Å²) < 4.78 is 0. The Labute approximate surface area is 133 Å². The molecule has 0 unspecified atom stereocenters. The zero-order valence-corrected chi connectivity index (χ0v) is 13.8. The molecule has 21 heavy (non-hydrogen) atoms. The lowest BCUT2D eigenvalue weighted by molar-refractivity contribution is -0.115. The van der Waals surface area contributed by atoms with E-state index in [1.54, 1.807) is 11.8 Å². The molecule has 0 aliphatic heterocycles. The van der Waals surface area contributed by atoms with Gasteiger partial charge in [0.15, 0.2) is 0 Å². The number of anilines is 1. The van der Waals surface area contributed by atoms with Gasteiger partial charge in [0.2, 0.25) is 5.91 Å². The van der Waals surface area contributed by atoms with Crippen LogP contribution in [0, 0.1) is 25.2 Å². The van der Waals surface area contributed by atoms with E-state index in [4.69, 9.17) is 0 Å². The van der Waals surface area contributed by atoms with E-state index in [1.807, 2.05) is 44.4 Å². The molecule has 3 nitrogen and oxygen atoms in total. The Morgan fingerprint density at radius 1 is 1.33 bits per heavy atom. The number of thioether (sulfide) groups is 1. The Morgan fingerprint density at radius 3 is 2.57 bits per heavy atom. The van der Waals surface area contributed by atoms with Gasteiger partial charge in [0.05, 0.1) is 12.0 Å². The lowest BCUT2D eigenvalue weighted by atomic mass is 10.1. The van der Waals surface area contributed by atoms with Crippen molar-refractivity contribution in [3.8, 4) is 6.07 Å². The van der Waals surface area contributed by atoms with E-state index in [1.165, 1.54) is 16.2 Å². The van der Waals surface area contributed by atoms with Crippen molar-refractivity contribution in [2.24, 2.45) is 0 Å². The fourth-order valence-corrected chi connectivity index (χ4v) is 3.38. The number of hydrogen-bond acceptors (Lipinski definition) is 4. The molecule has 0 fully saturated rings. The van der Waals surface area contributed by atoms with E-state index in [0.29, 0.717) is 17.0 Å². The minimum absolute atomic E-state index is 0.0929. The van der Waals surface area contributed by atoms with Gasteiger partial charge in [-0.2, -0.15) is 5.26 Å². The number of nitriles is 1. The number of amides is 1. The first-order valence-corrected chi connectivity index (χ1v) is 8.52. The normalized spacial score (nSPS) is 10.2. The Morgan fingerprint density at radius 2 is 2.00 bits per heavy atom. The second-order valence-electron chi connectivity index (χ2n) is 4.67. The third kappa shape index (κ3) is 3.66. The molecule has 0 aliphatic rings. The SMILES string of the molecule is CSc1ccc(CC(=O)Nc2sc(C)c(C)c2C#N)cc1. The highest BCUT2D eigenvalue weighted by atomic mass is 32.2. The molecule has 0 radical (unpaired) electrons. The van der Waals surface area contributed by atoms with Crippen LogP contribution in [-0.2, 0) is 11.2 Å². The van der Waals surface area contributed by atoms with Crippen molar-refractivity contribution in [1.29, 1.82) is 5.26 Å². The van der Waals surface area contributed by atoms with Gasteiger partial charge < -0.3 is 5.32 Å². The first kappa shape index (κ1) is 15.6. The Kier molecular flexibility index (Phi) is 5.05. The van der Waals surface area contributed by atoms with Crippen molar-refractivity contribution in [1.82, 2.24) is 0 Å². The zero-order chi connectivity index (χ0) is 15.4. The number of carbonyl (C=O) groups excluding carboxylic acids is 1. The molecule has 0 atom stereocenters. The van der Waals surface area contributed by atoms with Gasteiger partial charge in [-0.05, 0) is 43.4 Å². The quantitative estimate of drug-likeness (QED) is 0.863. The minimum Gasteiger partial charge on any atom is -0.316 e. The van der Waals surface area contributed by atoms with Gasteiger partial charge in [0, 0.05) is 9.77 Å². The number of thiophene rings is 1. The van der Waals surface area contributed by atoms with E-state index in [0.717, 1.165) is 16.0 Å². The molecule has 0 bridgehead atoms. The first-order valence-electron chi connectivity index (χ1n) is 6.48. The maximum Gasteiger partial charge on any atom is 0.229 e. The largest absolute Gasteiger partial charge is 0.316 e. The second kappa shape index (κ2) is 6.79. The molecule has 2 aromatic rings. The minimum atomic E-state index is -0.0929. The van der Waals surface area contributed by atoms with Gasteiger partial charge in [-0.15, -0.1) is 23.1 Å². The van der Waals surface area contributed by atoms with E-state index < -0.39 is 0 Å². The summed E-state index contributed by atoms with van der Waals surface area (Å²) in [6.07, 6.45) is 2.34. The number of benzene rings is 1. The van der Waals surface area contributed by atoms with E-state index in [9.17, 15) is 10.1 Å². The maximum atomic E-state index is 12.1. The van der Waals surface area contributed by atoms with Crippen molar-refractivity contribution in [3.63, 3.8) is 0 Å². The lowest BCUT2D eigenvalue weighted by Crippen LogP contribution is -2.14. The molecule has 2 rings (SSSR count). The number of nitrogens with one attached hydrogen (secondary N) is 1. The molecule has 1 aromatic heterocycles. The third-order valence-corrected chi connectivity index (χ3v) is 5.14. The molecule has 1 amide bonds. The monoisotopic (exact) mass is 316 g/mol. The third-order valence-electron chi connectivity index (χ3n) is 3.27. The standard InChI is InChI=1S/C16H16N2OS2/c1-10-11(2)21-16(14(10)9-17)18-15(19)8-12-4-6-13(20-3)7-5-12/h4-7H,8H2,1-3H3,(H,18,19). The van der Waals surface area contributed by atoms with Crippen LogP contribution in [-0.4, -0.2) is 12.2 Å². The summed E-state index contributed by atoms with van der Waals surface area (Å²) in [5.74, 6) is -0.0929. The predicted octanol–water partition coefficient (Wildman–Crippen LogP) is 4.14. The Balaban J connectivity index is 2.08. The number of hydrogen-bond donors (Lipinski definition) is 1. The van der Waals surface area contributed by atoms with Crippen molar-refractivity contribution >= 4 is 34.0 Å². The molecule has 1 N–H and O–H groups in total. The Hall–Kier alpha value is -1.77. The van der Waals surface area contributed by atoms with Crippen molar-refractivity contribution in [2.75, 3.05) is 11.6 Å². The number of nitrogens with zero attached hydrogens (tertiary/aromatic N) is 1. The average Bonchev–Trinajstić information content (AvgIpc) is 2.73. The summed E-state index contributed by atoms with van der Waals surface area (Å²) >= 11 is 3.13. The number of carbonyl (C=O) groups is 1. The number of aryl methyl sites for hydroxylation is 1. The molecular formula is C16H16N2OS2. The van der Waals surface area contributed by atoms with Crippen LogP contribution in [0.4, 0.5) is 5.00 Å². The van der Waals surface area contributed by atoms with E-state index >= 15 is 0 Å². The van der Waals surface area contributed by atoms with Gasteiger partial charge in [-0.25, -0.2) is 0 Å². The molecule has 0 spiro atoms. The topological polar surface area (TPSA) is 52.9 Å². The molecule has 0 aliphatic carbocycles. The van der Waals surface area contributed by atoms with Crippen LogP contribution in [0.2, 0.25) is 0 Å². The zero-order valence-electron chi connectivity index (χ0n) is 12.2. The molecule has 1 heterocycles. The van der Waals surface area contributed by atoms with Crippen LogP contribution in [0.3, 0.4) is 0 Å². The van der Waals surface area contributed by atoms with Crippen molar-refractivity contribution < 1.29 is 4.79 Å². The second-order valence-corrected chi connectivity index (χ2v) is 6.78. The summed E-state index contributed by atoms with van der Waals surface area (Å²) in [5.41, 5.74) is 2.49. The Bertz CT molecular complexity index is 696. The molecule has 0 saturated carbocycles. The van der Waals surface area contributed by atoms with Gasteiger partial charge in [0.1, 0.15) is 11.1 Å². The predicted molar refractivity (Wildman–Crippen MR) is 89.1 cm³/mol. The number of rotatable bonds is 4. The average molecular weight is 316 g/mol. The summed E-state index contributed by atoms with van der Waals surface area (Å²) in [6, 6.07) is 10.1. The van der Waals surface area contributed by atoms with Crippen LogP contribution in [0.15, 0.2) is 29.2 Å². The van der Waals surface area contributed by atoms with Crippen LogP contribution in [0.5, 0.6) is 0 Å². The summed E-state index contributed by atoms with van der Waals surface area (Å²) in [7, 11) is 0. The van der Waals surface area contributed by atoms with Gasteiger partial charge >= 0.3 is 0 Å². The smallest absolute Gasteiger partial charge is 0.229 e. The molecular weight excluding hydrogens is 300 g/mol. The van der Waals surface area contributed by atoms with Crippen LogP contribution >= 0.6 is 23.1 Å². The van der Waals surface area contributed by atoms with Crippen LogP contribution < -0.4 is 5.32 Å². The lowest BCUT2D eigenvalue weighted by Gasteiger charge is -2.04. The highest BCUT2D eigenvalue weighted by molar-refractivity contribution is 7.98. The van der Waals surface area contributed by atoms with E-state index in [2.05, 4.69) is 11.4 Å². The highest BCUT2D eigenvalue weighted by Gasteiger charge is 2.14. The van der Waals surface area contributed by atoms with E-state index in [-0.39, 0.29) is 5.91 Å². The molecule has 0 saturated heterocycles. The highest BCUT2D eigenvalue weighted by Crippen LogP contribution is 2.31. The van der Waals surface area contributed by atoms with Crippen molar-refractivity contribution in [2.45, 2.75) is 25.2 Å². The maximum absolute atomic E-state index is 12.1. The summed E-state index contributed by atoms with van der Waals surface area (Å²) in [4.78, 5) is 14.3. The fraction of sp³-hybridized carbons (Fsp3) is 0.250. The van der Waals surface area contributed by atoms with Gasteiger partial charge in [0.25, 0.3) is 0 Å². The summed E-state index contributed by atoms with van der Waals surface area (Å²) in [5, 5.41) is 12.7. The fourth-order valence-electron chi connectivity index (χ4n) is 1.95. The first-order chi connectivity index (χ1) is 10.0. The van der Waals surface area contributed by atoms with Crippen LogP contribution in [0.25, 0.3) is 0 Å². The molecule has 108 valence electrons. The summed E-state index contributed by atoms with van der Waals surface area (Å²) in [6.45, 7) is 3.86. The molecule has 1 aromatic carbocycles. The van der Waals surface area contributed by atoms with Crippen LogP contribution in [0.1, 0.15) is 21.6 Å².